The van der Waals surface area contributed by atoms with Crippen LogP contribution >= 0.6 is 0 Å². The van der Waals surface area contributed by atoms with E-state index in [9.17, 15) is 0 Å². The van der Waals surface area contributed by atoms with Gasteiger partial charge in [0.05, 0.1) is 0 Å². The van der Waals surface area contributed by atoms with E-state index in [0.717, 1.165) is 30.5 Å². The van der Waals surface area contributed by atoms with Gasteiger partial charge in [0.25, 0.3) is 0 Å². The van der Waals surface area contributed by atoms with Crippen molar-refractivity contribution in [3.8, 4) is 0 Å². The van der Waals surface area contributed by atoms with Crippen molar-refractivity contribution in [1.82, 2.24) is 9.97 Å². The number of aromatic nitrogens is 2. The Kier molecular flexibility index (Phi) is 5.83. The maximum absolute atomic E-state index is 4.52. The predicted octanol–water partition coefficient (Wildman–Crippen LogP) is 4.41. The lowest BCUT2D eigenvalue weighted by atomic mass is 9.98. The fourth-order valence-electron chi connectivity index (χ4n) is 3.23. The summed E-state index contributed by atoms with van der Waals surface area (Å²) in [5, 5.41) is 7.10. The maximum Gasteiger partial charge on any atom is 0.135 e. The quantitative estimate of drug-likeness (QED) is 0.781. The zero-order valence-electron chi connectivity index (χ0n) is 13.9. The summed E-state index contributed by atoms with van der Waals surface area (Å²) >= 11 is 0. The normalized spacial score (nSPS) is 17.2. The molecule has 4 nitrogen and oxygen atoms in total. The van der Waals surface area contributed by atoms with Gasteiger partial charge in [0.1, 0.15) is 18.0 Å². The van der Waals surface area contributed by atoms with Gasteiger partial charge in [-0.1, -0.05) is 33.6 Å². The lowest BCUT2D eigenvalue weighted by Gasteiger charge is -2.24. The Bertz CT molecular complexity index is 438. The van der Waals surface area contributed by atoms with Crippen LogP contribution in [-0.4, -0.2) is 22.6 Å². The van der Waals surface area contributed by atoms with Gasteiger partial charge in [0.15, 0.2) is 0 Å². The molecule has 0 saturated heterocycles. The van der Waals surface area contributed by atoms with Crippen LogP contribution in [0.5, 0.6) is 0 Å². The molecule has 1 atom stereocenters. The summed E-state index contributed by atoms with van der Waals surface area (Å²) in [6.07, 6.45) is 8.21. The molecule has 1 aromatic rings. The molecule has 0 amide bonds. The van der Waals surface area contributed by atoms with E-state index < -0.39 is 0 Å². The van der Waals surface area contributed by atoms with Crippen molar-refractivity contribution in [3.63, 3.8) is 0 Å². The summed E-state index contributed by atoms with van der Waals surface area (Å²) in [7, 11) is 0. The van der Waals surface area contributed by atoms with Crippen LogP contribution in [0.4, 0.5) is 11.6 Å². The zero-order valence-corrected chi connectivity index (χ0v) is 13.9. The molecule has 4 heteroatoms. The van der Waals surface area contributed by atoms with Crippen molar-refractivity contribution < 1.29 is 0 Å². The molecular formula is C17H30N4. The van der Waals surface area contributed by atoms with Crippen LogP contribution in [0, 0.1) is 5.92 Å². The first-order chi connectivity index (χ1) is 10.1. The van der Waals surface area contributed by atoms with E-state index in [0.29, 0.717) is 12.0 Å². The van der Waals surface area contributed by atoms with Gasteiger partial charge in [-0.05, 0) is 38.0 Å². The van der Waals surface area contributed by atoms with E-state index in [-0.39, 0.29) is 0 Å². The minimum absolute atomic E-state index is 0.406. The molecule has 2 rings (SSSR count). The minimum Gasteiger partial charge on any atom is -0.370 e. The highest BCUT2D eigenvalue weighted by atomic mass is 15.1. The van der Waals surface area contributed by atoms with Crippen molar-refractivity contribution in [2.45, 2.75) is 71.8 Å². The Morgan fingerprint density at radius 3 is 2.43 bits per heavy atom. The fourth-order valence-corrected chi connectivity index (χ4v) is 3.23. The van der Waals surface area contributed by atoms with Gasteiger partial charge in [0.2, 0.25) is 0 Å². The van der Waals surface area contributed by atoms with E-state index in [4.69, 9.17) is 0 Å². The molecule has 0 bridgehead atoms. The number of nitrogens with zero attached hydrogens (tertiary/aromatic N) is 2. The maximum atomic E-state index is 4.52. The Labute approximate surface area is 129 Å². The Morgan fingerprint density at radius 2 is 1.81 bits per heavy atom. The highest BCUT2D eigenvalue weighted by Crippen LogP contribution is 2.32. The van der Waals surface area contributed by atoms with Gasteiger partial charge in [-0.15, -0.1) is 0 Å². The lowest BCUT2D eigenvalue weighted by molar-refractivity contribution is 0.480. The predicted molar refractivity (Wildman–Crippen MR) is 89.9 cm³/mol. The first kappa shape index (κ1) is 16.1. The van der Waals surface area contributed by atoms with Crippen LogP contribution in [0.15, 0.2) is 6.33 Å². The zero-order chi connectivity index (χ0) is 15.2. The molecule has 1 aromatic heterocycles. The molecule has 2 N–H and O–H groups in total. The molecule has 1 aliphatic carbocycles. The highest BCUT2D eigenvalue weighted by molar-refractivity contribution is 5.59. The summed E-state index contributed by atoms with van der Waals surface area (Å²) < 4.78 is 0. The van der Waals surface area contributed by atoms with Crippen LogP contribution in [0.2, 0.25) is 0 Å². The molecular weight excluding hydrogens is 260 g/mol. The molecule has 0 spiro atoms. The van der Waals surface area contributed by atoms with Crippen molar-refractivity contribution in [1.29, 1.82) is 0 Å². The second-order valence-electron chi connectivity index (χ2n) is 6.54. The van der Waals surface area contributed by atoms with Crippen molar-refractivity contribution in [2.75, 3.05) is 17.2 Å². The Hall–Kier alpha value is -1.32. The third-order valence-electron chi connectivity index (χ3n) is 4.48. The first-order valence-corrected chi connectivity index (χ1v) is 8.48. The number of nitrogens with one attached hydrogen (secondary N) is 2. The Morgan fingerprint density at radius 1 is 1.14 bits per heavy atom. The average Bonchev–Trinajstić information content (AvgIpc) is 2.99. The largest absolute Gasteiger partial charge is 0.370 e. The van der Waals surface area contributed by atoms with Crippen LogP contribution in [0.25, 0.3) is 0 Å². The number of hydrogen-bond acceptors (Lipinski definition) is 4. The van der Waals surface area contributed by atoms with Gasteiger partial charge in [0, 0.05) is 18.2 Å². The van der Waals surface area contributed by atoms with E-state index in [1.165, 1.54) is 31.2 Å². The molecule has 0 radical (unpaired) electrons. The summed E-state index contributed by atoms with van der Waals surface area (Å²) in [6.45, 7) is 9.84. The summed E-state index contributed by atoms with van der Waals surface area (Å²) in [5.41, 5.74) is 1.22. The molecule has 1 saturated carbocycles. The molecule has 118 valence electrons. The fraction of sp³-hybridized carbons (Fsp3) is 0.765. The van der Waals surface area contributed by atoms with Crippen LogP contribution in [0.3, 0.4) is 0 Å². The summed E-state index contributed by atoms with van der Waals surface area (Å²) in [6, 6.07) is 0.485. The average molecular weight is 290 g/mol. The minimum atomic E-state index is 0.406. The van der Waals surface area contributed by atoms with Crippen LogP contribution in [-0.2, 0) is 0 Å². The van der Waals surface area contributed by atoms with E-state index in [2.05, 4.69) is 48.3 Å². The molecule has 0 aromatic carbocycles. The highest BCUT2D eigenvalue weighted by Gasteiger charge is 2.23. The van der Waals surface area contributed by atoms with Crippen molar-refractivity contribution in [2.24, 2.45) is 5.92 Å². The molecule has 1 fully saturated rings. The molecule has 0 aliphatic heterocycles. The van der Waals surface area contributed by atoms with Gasteiger partial charge in [-0.3, -0.25) is 0 Å². The first-order valence-electron chi connectivity index (χ1n) is 8.48. The van der Waals surface area contributed by atoms with E-state index >= 15 is 0 Å². The smallest absolute Gasteiger partial charge is 0.135 e. The van der Waals surface area contributed by atoms with Crippen LogP contribution in [0.1, 0.15) is 71.3 Å². The molecule has 1 unspecified atom stereocenters. The third-order valence-corrected chi connectivity index (χ3v) is 4.48. The van der Waals surface area contributed by atoms with Crippen molar-refractivity contribution in [3.05, 3.63) is 11.9 Å². The lowest BCUT2D eigenvalue weighted by Crippen LogP contribution is -2.25. The summed E-state index contributed by atoms with van der Waals surface area (Å²) in [4.78, 5) is 8.96. The van der Waals surface area contributed by atoms with Gasteiger partial charge in [-0.2, -0.15) is 0 Å². The molecule has 21 heavy (non-hydrogen) atoms. The molecule has 1 aliphatic rings. The monoisotopic (exact) mass is 290 g/mol. The van der Waals surface area contributed by atoms with Crippen LogP contribution < -0.4 is 10.6 Å². The standard InChI is InChI=1S/C17H30N4/c1-5-10-18-16-15(12(2)3)17(20-11-19-16)21-13(4)14-8-6-7-9-14/h11-14H,5-10H2,1-4H3,(H2,18,19,20,21). The second-order valence-corrected chi connectivity index (χ2v) is 6.54. The van der Waals surface area contributed by atoms with E-state index in [1.807, 2.05) is 0 Å². The van der Waals surface area contributed by atoms with Gasteiger partial charge >= 0.3 is 0 Å². The number of hydrogen-bond donors (Lipinski definition) is 2. The SMILES string of the molecule is CCCNc1ncnc(NC(C)C2CCCC2)c1C(C)C. The summed E-state index contributed by atoms with van der Waals surface area (Å²) in [5.74, 6) is 3.19. The van der Waals surface area contributed by atoms with Gasteiger partial charge in [-0.25, -0.2) is 9.97 Å². The third kappa shape index (κ3) is 4.08. The van der Waals surface area contributed by atoms with Gasteiger partial charge < -0.3 is 10.6 Å². The topological polar surface area (TPSA) is 49.8 Å². The second kappa shape index (κ2) is 7.62. The number of rotatable bonds is 7. The van der Waals surface area contributed by atoms with Crippen molar-refractivity contribution >= 4 is 11.6 Å². The Balaban J connectivity index is 2.16. The number of anilines is 2. The van der Waals surface area contributed by atoms with E-state index in [1.54, 1.807) is 6.33 Å². The molecule has 1 heterocycles.